The third kappa shape index (κ3) is 2.02. The zero-order chi connectivity index (χ0) is 9.26. The molecule has 0 amide bonds. The second kappa shape index (κ2) is 3.66. The molecule has 0 aromatic carbocycles. The predicted molar refractivity (Wildman–Crippen MR) is 54.1 cm³/mol. The van der Waals surface area contributed by atoms with Gasteiger partial charge in [0.05, 0.1) is 5.84 Å². The van der Waals surface area contributed by atoms with Crippen molar-refractivity contribution in [1.29, 1.82) is 5.41 Å². The number of rotatable bonds is 2. The Morgan fingerprint density at radius 3 is 2.77 bits per heavy atom. The fourth-order valence-corrected chi connectivity index (χ4v) is 2.34. The van der Waals surface area contributed by atoms with Gasteiger partial charge in [-0.05, 0) is 19.9 Å². The first-order valence-corrected chi connectivity index (χ1v) is 5.26. The molecule has 0 aromatic heterocycles. The van der Waals surface area contributed by atoms with E-state index in [1.165, 1.54) is 25.9 Å². The minimum absolute atomic E-state index is 0.823. The van der Waals surface area contributed by atoms with Crippen LogP contribution < -0.4 is 0 Å². The van der Waals surface area contributed by atoms with Crippen molar-refractivity contribution in [3.8, 4) is 0 Å². The zero-order valence-corrected chi connectivity index (χ0v) is 8.42. The molecule has 3 nitrogen and oxygen atoms in total. The van der Waals surface area contributed by atoms with Gasteiger partial charge in [0.2, 0.25) is 0 Å². The number of nitrogens with one attached hydrogen (secondary N) is 1. The molecule has 3 heteroatoms. The molecule has 74 valence electrons. The van der Waals surface area contributed by atoms with Gasteiger partial charge in [-0.15, -0.1) is 0 Å². The normalized spacial score (nSPS) is 26.2. The van der Waals surface area contributed by atoms with Crippen LogP contribution in [0.4, 0.5) is 0 Å². The van der Waals surface area contributed by atoms with Crippen molar-refractivity contribution >= 4 is 5.84 Å². The molecule has 0 aromatic rings. The van der Waals surface area contributed by atoms with E-state index < -0.39 is 0 Å². The van der Waals surface area contributed by atoms with E-state index >= 15 is 0 Å². The molecule has 2 rings (SSSR count). The summed E-state index contributed by atoms with van der Waals surface area (Å²) in [5, 5.41) is 7.80. The SMILES string of the molecule is CN1CC(CN2CCCCC2=N)C1. The molecule has 0 unspecified atom stereocenters. The Balaban J connectivity index is 1.76. The average molecular weight is 181 g/mol. The van der Waals surface area contributed by atoms with Crippen molar-refractivity contribution in [2.24, 2.45) is 5.92 Å². The lowest BCUT2D eigenvalue weighted by molar-refractivity contribution is 0.109. The van der Waals surface area contributed by atoms with Gasteiger partial charge in [0.1, 0.15) is 0 Å². The van der Waals surface area contributed by atoms with Crippen molar-refractivity contribution < 1.29 is 0 Å². The summed E-state index contributed by atoms with van der Waals surface area (Å²) in [4.78, 5) is 4.62. The first-order valence-electron chi connectivity index (χ1n) is 5.26. The number of piperidine rings is 1. The van der Waals surface area contributed by atoms with Crippen molar-refractivity contribution in [1.82, 2.24) is 9.80 Å². The molecular weight excluding hydrogens is 162 g/mol. The summed E-state index contributed by atoms with van der Waals surface area (Å²) in [6.45, 7) is 4.70. The fourth-order valence-electron chi connectivity index (χ4n) is 2.34. The van der Waals surface area contributed by atoms with Crippen molar-refractivity contribution in [2.45, 2.75) is 19.3 Å². The van der Waals surface area contributed by atoms with Gasteiger partial charge in [0.25, 0.3) is 0 Å². The molecule has 0 bridgehead atoms. The predicted octanol–water partition coefficient (Wildman–Crippen LogP) is 1.01. The van der Waals surface area contributed by atoms with E-state index in [-0.39, 0.29) is 0 Å². The first kappa shape index (κ1) is 9.00. The average Bonchev–Trinajstić information content (AvgIpc) is 2.06. The molecule has 2 saturated heterocycles. The summed E-state index contributed by atoms with van der Waals surface area (Å²) in [5.74, 6) is 1.70. The number of amidine groups is 1. The Labute approximate surface area is 80.2 Å². The zero-order valence-electron chi connectivity index (χ0n) is 8.42. The monoisotopic (exact) mass is 181 g/mol. The van der Waals surface area contributed by atoms with Gasteiger partial charge >= 0.3 is 0 Å². The molecule has 0 spiro atoms. The number of nitrogens with zero attached hydrogens (tertiary/aromatic N) is 2. The summed E-state index contributed by atoms with van der Waals surface area (Å²) in [6.07, 6.45) is 3.51. The Kier molecular flexibility index (Phi) is 2.54. The Morgan fingerprint density at radius 2 is 2.15 bits per heavy atom. The summed E-state index contributed by atoms with van der Waals surface area (Å²) < 4.78 is 0. The van der Waals surface area contributed by atoms with Crippen molar-refractivity contribution in [3.63, 3.8) is 0 Å². The number of likely N-dealkylation sites (tertiary alicyclic amines) is 2. The van der Waals surface area contributed by atoms with E-state index in [9.17, 15) is 0 Å². The highest BCUT2D eigenvalue weighted by Crippen LogP contribution is 2.18. The van der Waals surface area contributed by atoms with Crippen LogP contribution in [0.5, 0.6) is 0 Å². The van der Waals surface area contributed by atoms with Crippen LogP contribution in [0.2, 0.25) is 0 Å². The Hall–Kier alpha value is -0.570. The molecule has 0 aliphatic carbocycles. The second-order valence-electron chi connectivity index (χ2n) is 4.44. The van der Waals surface area contributed by atoms with Crippen LogP contribution in [0.25, 0.3) is 0 Å². The second-order valence-corrected chi connectivity index (χ2v) is 4.44. The highest BCUT2D eigenvalue weighted by Gasteiger charge is 2.26. The highest BCUT2D eigenvalue weighted by atomic mass is 15.2. The van der Waals surface area contributed by atoms with E-state index in [0.29, 0.717) is 0 Å². The molecule has 2 aliphatic heterocycles. The van der Waals surface area contributed by atoms with Crippen molar-refractivity contribution in [2.75, 3.05) is 33.2 Å². The van der Waals surface area contributed by atoms with Gasteiger partial charge in [-0.25, -0.2) is 0 Å². The molecular formula is C10H19N3. The van der Waals surface area contributed by atoms with Crippen molar-refractivity contribution in [3.05, 3.63) is 0 Å². The maximum absolute atomic E-state index is 7.80. The van der Waals surface area contributed by atoms with E-state index in [2.05, 4.69) is 16.8 Å². The molecule has 0 saturated carbocycles. The van der Waals surface area contributed by atoms with Crippen LogP contribution in [0.15, 0.2) is 0 Å². The maximum atomic E-state index is 7.80. The van der Waals surface area contributed by atoms with Crippen LogP contribution >= 0.6 is 0 Å². The molecule has 1 N–H and O–H groups in total. The molecule has 0 atom stereocenters. The smallest absolute Gasteiger partial charge is 0.0957 e. The summed E-state index contributed by atoms with van der Waals surface area (Å²) in [5.41, 5.74) is 0. The molecule has 2 aliphatic rings. The van der Waals surface area contributed by atoms with Gasteiger partial charge in [0, 0.05) is 38.5 Å². The molecule has 0 radical (unpaired) electrons. The van der Waals surface area contributed by atoms with Gasteiger partial charge in [-0.3, -0.25) is 5.41 Å². The Bertz CT molecular complexity index is 196. The summed E-state index contributed by atoms with van der Waals surface area (Å²) in [7, 11) is 2.16. The number of hydrogen-bond acceptors (Lipinski definition) is 2. The topological polar surface area (TPSA) is 30.3 Å². The van der Waals surface area contributed by atoms with Crippen LogP contribution in [-0.4, -0.2) is 48.9 Å². The van der Waals surface area contributed by atoms with E-state index in [1.54, 1.807) is 0 Å². The van der Waals surface area contributed by atoms with Crippen LogP contribution in [0, 0.1) is 11.3 Å². The summed E-state index contributed by atoms with van der Waals surface area (Å²) in [6, 6.07) is 0. The summed E-state index contributed by atoms with van der Waals surface area (Å²) >= 11 is 0. The first-order chi connectivity index (χ1) is 6.25. The Morgan fingerprint density at radius 1 is 1.38 bits per heavy atom. The third-order valence-electron chi connectivity index (χ3n) is 3.09. The lowest BCUT2D eigenvalue weighted by atomic mass is 9.99. The van der Waals surface area contributed by atoms with Gasteiger partial charge in [-0.1, -0.05) is 0 Å². The quantitative estimate of drug-likeness (QED) is 0.689. The minimum Gasteiger partial charge on any atom is -0.360 e. The van der Waals surface area contributed by atoms with Crippen LogP contribution in [0.3, 0.4) is 0 Å². The van der Waals surface area contributed by atoms with E-state index in [4.69, 9.17) is 5.41 Å². The van der Waals surface area contributed by atoms with Gasteiger partial charge in [-0.2, -0.15) is 0 Å². The molecule has 13 heavy (non-hydrogen) atoms. The number of hydrogen-bond donors (Lipinski definition) is 1. The van der Waals surface area contributed by atoms with E-state index in [0.717, 1.165) is 31.3 Å². The van der Waals surface area contributed by atoms with Crippen LogP contribution in [0.1, 0.15) is 19.3 Å². The largest absolute Gasteiger partial charge is 0.360 e. The highest BCUT2D eigenvalue weighted by molar-refractivity contribution is 5.79. The third-order valence-corrected chi connectivity index (χ3v) is 3.09. The van der Waals surface area contributed by atoms with Crippen LogP contribution in [-0.2, 0) is 0 Å². The van der Waals surface area contributed by atoms with Gasteiger partial charge in [0.15, 0.2) is 0 Å². The van der Waals surface area contributed by atoms with Gasteiger partial charge < -0.3 is 9.80 Å². The standard InChI is InChI=1S/C10H19N3/c1-12-6-9(7-12)8-13-5-3-2-4-10(13)11/h9,11H,2-8H2,1H3. The maximum Gasteiger partial charge on any atom is 0.0957 e. The fraction of sp³-hybridized carbons (Fsp3) is 0.900. The molecule has 2 fully saturated rings. The minimum atomic E-state index is 0.823. The van der Waals surface area contributed by atoms with E-state index in [1.807, 2.05) is 0 Å². The lowest BCUT2D eigenvalue weighted by Gasteiger charge is -2.41. The lowest BCUT2D eigenvalue weighted by Crippen LogP contribution is -2.51. The molecule has 2 heterocycles.